The number of hydrogen-bond acceptors (Lipinski definition) is 6. The van der Waals surface area contributed by atoms with Crippen molar-refractivity contribution in [3.63, 3.8) is 0 Å². The molecule has 0 bridgehead atoms. The number of benzene rings is 3. The summed E-state index contributed by atoms with van der Waals surface area (Å²) in [6, 6.07) is 20.4. The van der Waals surface area contributed by atoms with Crippen LogP contribution in [0.4, 0.5) is 10.5 Å². The Balaban J connectivity index is 1.71. The van der Waals surface area contributed by atoms with Gasteiger partial charge in [0.15, 0.2) is 11.9 Å². The van der Waals surface area contributed by atoms with E-state index in [1.165, 1.54) is 0 Å². The first-order valence-corrected chi connectivity index (χ1v) is 13.9. The molecule has 3 amide bonds. The molecular formula is C30H39N9O4. The lowest BCUT2D eigenvalue weighted by atomic mass is 10.1. The molecule has 3 aromatic rings. The Kier molecular flexibility index (Phi) is 12.6. The first-order valence-electron chi connectivity index (χ1n) is 13.9. The molecule has 1 unspecified atom stereocenters. The zero-order valence-corrected chi connectivity index (χ0v) is 23.9. The van der Waals surface area contributed by atoms with Crippen molar-refractivity contribution in [1.82, 2.24) is 10.6 Å². The minimum absolute atomic E-state index is 0.0244. The second-order valence-corrected chi connectivity index (χ2v) is 9.77. The molecule has 0 saturated heterocycles. The van der Waals surface area contributed by atoms with Crippen LogP contribution in [-0.4, -0.2) is 55.0 Å². The molecule has 0 aliphatic heterocycles. The summed E-state index contributed by atoms with van der Waals surface area (Å²) in [5.41, 5.74) is 23.0. The van der Waals surface area contributed by atoms with E-state index in [4.69, 9.17) is 27.7 Å². The van der Waals surface area contributed by atoms with Gasteiger partial charge in [-0.3, -0.25) is 19.6 Å². The molecule has 11 N–H and O–H groups in total. The smallest absolute Gasteiger partial charge is 0.408 e. The molecule has 0 heterocycles. The van der Waals surface area contributed by atoms with E-state index < -0.39 is 30.0 Å². The molecule has 0 aromatic heterocycles. The monoisotopic (exact) mass is 589 g/mol. The Morgan fingerprint density at radius 1 is 0.698 bits per heavy atom. The first-order chi connectivity index (χ1) is 20.7. The maximum absolute atomic E-state index is 13.4. The number of guanidine groups is 2. The van der Waals surface area contributed by atoms with Crippen molar-refractivity contribution in [2.45, 2.75) is 44.4 Å². The highest BCUT2D eigenvalue weighted by Gasteiger charge is 2.27. The van der Waals surface area contributed by atoms with Gasteiger partial charge in [0, 0.05) is 18.8 Å². The van der Waals surface area contributed by atoms with Crippen LogP contribution >= 0.6 is 0 Å². The number of carbonyl (C=O) groups excluding carboxylic acids is 3. The van der Waals surface area contributed by atoms with E-state index in [1.54, 1.807) is 6.07 Å². The van der Waals surface area contributed by atoms with Crippen LogP contribution in [-0.2, 0) is 20.9 Å². The van der Waals surface area contributed by atoms with Crippen LogP contribution in [0.1, 0.15) is 31.2 Å². The SMILES string of the molecule is NC(N)=NCCCC(NC(=O)OCc1ccccc1)C(=O)N[C@@H](CCCN=C(N)N)C(=O)Nc1ccc2ccccc2c1. The number of nitrogens with zero attached hydrogens (tertiary/aromatic N) is 2. The fourth-order valence-electron chi connectivity index (χ4n) is 4.22. The van der Waals surface area contributed by atoms with Gasteiger partial charge in [-0.25, -0.2) is 4.79 Å². The summed E-state index contributed by atoms with van der Waals surface area (Å²) in [6.07, 6.45) is 0.441. The van der Waals surface area contributed by atoms with E-state index in [0.717, 1.165) is 16.3 Å². The third-order valence-electron chi connectivity index (χ3n) is 6.36. The van der Waals surface area contributed by atoms with Gasteiger partial charge in [0.05, 0.1) is 0 Å². The maximum atomic E-state index is 13.4. The minimum atomic E-state index is -1.02. The zero-order valence-electron chi connectivity index (χ0n) is 23.9. The van der Waals surface area contributed by atoms with Gasteiger partial charge < -0.3 is 43.6 Å². The molecule has 13 nitrogen and oxygen atoms in total. The van der Waals surface area contributed by atoms with Crippen molar-refractivity contribution in [1.29, 1.82) is 0 Å². The quantitative estimate of drug-likeness (QED) is 0.0782. The molecule has 3 aromatic carbocycles. The average molecular weight is 590 g/mol. The lowest BCUT2D eigenvalue weighted by molar-refractivity contribution is -0.128. The highest BCUT2D eigenvalue weighted by atomic mass is 16.5. The number of nitrogens with one attached hydrogen (secondary N) is 3. The number of hydrogen-bond donors (Lipinski definition) is 7. The molecule has 0 radical (unpaired) electrons. The van der Waals surface area contributed by atoms with E-state index in [9.17, 15) is 14.4 Å². The van der Waals surface area contributed by atoms with Gasteiger partial charge in [-0.05, 0) is 54.2 Å². The number of alkyl carbamates (subject to hydrolysis) is 1. The van der Waals surface area contributed by atoms with Crippen LogP contribution in [0.25, 0.3) is 10.8 Å². The molecule has 0 spiro atoms. The molecule has 0 fully saturated rings. The van der Waals surface area contributed by atoms with Gasteiger partial charge in [-0.1, -0.05) is 60.7 Å². The van der Waals surface area contributed by atoms with Crippen LogP contribution in [0.3, 0.4) is 0 Å². The number of nitrogens with two attached hydrogens (primary N) is 4. The predicted molar refractivity (Wildman–Crippen MR) is 168 cm³/mol. The lowest BCUT2D eigenvalue weighted by Crippen LogP contribution is -2.52. The molecule has 3 rings (SSSR count). The number of fused-ring (bicyclic) bond motifs is 1. The molecular weight excluding hydrogens is 550 g/mol. The summed E-state index contributed by atoms with van der Waals surface area (Å²) in [5, 5.41) is 10.2. The number of carbonyl (C=O) groups is 3. The summed E-state index contributed by atoms with van der Waals surface area (Å²) in [7, 11) is 0. The number of aliphatic imine (C=N–C) groups is 2. The third-order valence-corrected chi connectivity index (χ3v) is 6.36. The Morgan fingerprint density at radius 3 is 1.91 bits per heavy atom. The van der Waals surface area contributed by atoms with Crippen molar-refractivity contribution < 1.29 is 19.1 Å². The number of anilines is 1. The Hall–Kier alpha value is -5.33. The summed E-state index contributed by atoms with van der Waals surface area (Å²) in [6.45, 7) is 0.539. The van der Waals surface area contributed by atoms with Crippen LogP contribution in [0.5, 0.6) is 0 Å². The Labute approximate surface area is 250 Å². The number of ether oxygens (including phenoxy) is 1. The minimum Gasteiger partial charge on any atom is -0.445 e. The van der Waals surface area contributed by atoms with Gasteiger partial charge in [0.1, 0.15) is 18.7 Å². The molecule has 0 aliphatic carbocycles. The molecule has 228 valence electrons. The maximum Gasteiger partial charge on any atom is 0.408 e. The van der Waals surface area contributed by atoms with Gasteiger partial charge in [-0.15, -0.1) is 0 Å². The summed E-state index contributed by atoms with van der Waals surface area (Å²) in [4.78, 5) is 47.3. The van der Waals surface area contributed by atoms with E-state index in [2.05, 4.69) is 25.9 Å². The molecule has 43 heavy (non-hydrogen) atoms. The lowest BCUT2D eigenvalue weighted by Gasteiger charge is -2.23. The van der Waals surface area contributed by atoms with E-state index in [-0.39, 0.29) is 44.5 Å². The normalized spacial score (nSPS) is 11.9. The average Bonchev–Trinajstić information content (AvgIpc) is 2.99. The zero-order chi connectivity index (χ0) is 31.0. The Morgan fingerprint density at radius 2 is 1.28 bits per heavy atom. The number of rotatable bonds is 15. The van der Waals surface area contributed by atoms with E-state index in [0.29, 0.717) is 18.5 Å². The van der Waals surface area contributed by atoms with Crippen LogP contribution in [0.2, 0.25) is 0 Å². The summed E-state index contributed by atoms with van der Waals surface area (Å²) < 4.78 is 5.31. The molecule has 13 heteroatoms. The topological polar surface area (TPSA) is 225 Å². The highest BCUT2D eigenvalue weighted by molar-refractivity contribution is 5.99. The van der Waals surface area contributed by atoms with Crippen molar-refractivity contribution in [2.75, 3.05) is 18.4 Å². The van der Waals surface area contributed by atoms with E-state index in [1.807, 2.05) is 66.7 Å². The second kappa shape index (κ2) is 16.8. The fourth-order valence-corrected chi connectivity index (χ4v) is 4.22. The molecule has 0 aliphatic rings. The van der Waals surface area contributed by atoms with E-state index >= 15 is 0 Å². The standard InChI is InChI=1S/C30H39N9O4/c31-28(32)35-16-6-12-24(26(40)37-23-15-14-21-10-4-5-11-22(21)18-23)38-27(41)25(13-7-17-36-29(33)34)39-30(42)43-19-20-8-2-1-3-9-20/h1-5,8-11,14-15,18,24-25H,6-7,12-13,16-17,19H2,(H,37,40)(H,38,41)(H,39,42)(H4,31,32,35)(H4,33,34,36)/t24-,25?/m0/s1. The van der Waals surface area contributed by atoms with Crippen molar-refractivity contribution >= 4 is 46.3 Å². The van der Waals surface area contributed by atoms with Gasteiger partial charge in [-0.2, -0.15) is 0 Å². The highest BCUT2D eigenvalue weighted by Crippen LogP contribution is 2.19. The molecule has 0 saturated carbocycles. The number of amides is 3. The second-order valence-electron chi connectivity index (χ2n) is 9.77. The fraction of sp³-hybridized carbons (Fsp3) is 0.300. The molecule has 2 atom stereocenters. The van der Waals surface area contributed by atoms with Crippen molar-refractivity contribution in [3.8, 4) is 0 Å². The van der Waals surface area contributed by atoms with Gasteiger partial charge >= 0.3 is 6.09 Å². The van der Waals surface area contributed by atoms with Crippen LogP contribution < -0.4 is 38.9 Å². The third kappa shape index (κ3) is 11.6. The Bertz CT molecular complexity index is 1420. The van der Waals surface area contributed by atoms with Crippen LogP contribution in [0.15, 0.2) is 82.8 Å². The van der Waals surface area contributed by atoms with Crippen molar-refractivity contribution in [2.24, 2.45) is 32.9 Å². The largest absolute Gasteiger partial charge is 0.445 e. The van der Waals surface area contributed by atoms with Crippen molar-refractivity contribution in [3.05, 3.63) is 78.4 Å². The summed E-state index contributed by atoms with van der Waals surface area (Å²) >= 11 is 0. The predicted octanol–water partition coefficient (Wildman–Crippen LogP) is 1.67. The first kappa shape index (κ1) is 32.2. The van der Waals surface area contributed by atoms with Gasteiger partial charge in [0.2, 0.25) is 11.8 Å². The van der Waals surface area contributed by atoms with Gasteiger partial charge in [0.25, 0.3) is 0 Å². The van der Waals surface area contributed by atoms with Crippen LogP contribution in [0, 0.1) is 0 Å². The summed E-state index contributed by atoms with van der Waals surface area (Å²) in [5.74, 6) is -1.15.